The summed E-state index contributed by atoms with van der Waals surface area (Å²) in [5, 5.41) is 4.07. The molecule has 0 radical (unpaired) electrons. The maximum atomic E-state index is 5.48. The molecule has 1 aliphatic carbocycles. The minimum atomic E-state index is 0.582. The molecule has 0 saturated heterocycles. The maximum Gasteiger partial charge on any atom is 0.138 e. The number of hydrogen-bond donors (Lipinski definition) is 1. The highest BCUT2D eigenvalue weighted by Gasteiger charge is 2.25. The van der Waals surface area contributed by atoms with Crippen LogP contribution >= 0.6 is 0 Å². The number of hydrogen-bond acceptors (Lipinski definition) is 4. The number of aromatic nitrogens is 2. The normalized spacial score (nSPS) is 15.1. The Hall–Kier alpha value is -1.68. The van der Waals surface area contributed by atoms with E-state index in [2.05, 4.69) is 16.2 Å². The molecule has 1 saturated carbocycles. The summed E-state index contributed by atoms with van der Waals surface area (Å²) in [6.07, 6.45) is 5.09. The zero-order chi connectivity index (χ0) is 11.7. The molecule has 0 atom stereocenters. The van der Waals surface area contributed by atoms with Crippen molar-refractivity contribution in [1.82, 2.24) is 10.1 Å². The fourth-order valence-corrected chi connectivity index (χ4v) is 1.92. The summed E-state index contributed by atoms with van der Waals surface area (Å²) < 4.78 is 5.23. The molecule has 0 unspecified atom stereocenters. The molecule has 1 aliphatic rings. The lowest BCUT2D eigenvalue weighted by Crippen LogP contribution is -2.01. The molecule has 3 rings (SSSR count). The zero-order valence-corrected chi connectivity index (χ0v) is 9.60. The lowest BCUT2D eigenvalue weighted by atomic mass is 10.1. The zero-order valence-electron chi connectivity index (χ0n) is 9.60. The molecule has 0 spiro atoms. The van der Waals surface area contributed by atoms with Gasteiger partial charge in [0.25, 0.3) is 0 Å². The van der Waals surface area contributed by atoms with E-state index in [9.17, 15) is 0 Å². The van der Waals surface area contributed by atoms with Gasteiger partial charge < -0.3 is 10.3 Å². The molecule has 17 heavy (non-hydrogen) atoms. The van der Waals surface area contributed by atoms with Gasteiger partial charge in [-0.25, -0.2) is 0 Å². The maximum absolute atomic E-state index is 5.48. The average molecular weight is 229 g/mol. The van der Waals surface area contributed by atoms with E-state index >= 15 is 0 Å². The van der Waals surface area contributed by atoms with Gasteiger partial charge in [0.1, 0.15) is 11.5 Å². The van der Waals surface area contributed by atoms with E-state index < -0.39 is 0 Å². The van der Waals surface area contributed by atoms with Crippen molar-refractivity contribution in [3.63, 3.8) is 0 Å². The van der Waals surface area contributed by atoms with E-state index in [-0.39, 0.29) is 0 Å². The summed E-state index contributed by atoms with van der Waals surface area (Å²) in [5.74, 6) is 1.50. The van der Waals surface area contributed by atoms with E-state index in [1.807, 2.05) is 18.3 Å². The van der Waals surface area contributed by atoms with Crippen LogP contribution in [0.1, 0.15) is 30.2 Å². The van der Waals surface area contributed by atoms with E-state index in [4.69, 9.17) is 10.3 Å². The average Bonchev–Trinajstić information content (AvgIpc) is 3.11. The van der Waals surface area contributed by atoms with Crippen LogP contribution in [0.15, 0.2) is 28.9 Å². The molecule has 1 fully saturated rings. The Balaban J connectivity index is 1.88. The number of rotatable bonds is 4. The Labute approximate surface area is 99.8 Å². The van der Waals surface area contributed by atoms with Gasteiger partial charge in [0, 0.05) is 35.9 Å². The topological polar surface area (TPSA) is 64.9 Å². The lowest BCUT2D eigenvalue weighted by molar-refractivity contribution is 0.386. The van der Waals surface area contributed by atoms with E-state index in [0.29, 0.717) is 12.5 Å². The Morgan fingerprint density at radius 3 is 3.00 bits per heavy atom. The van der Waals surface area contributed by atoms with Crippen molar-refractivity contribution in [3.8, 4) is 11.3 Å². The van der Waals surface area contributed by atoms with E-state index in [1.165, 1.54) is 18.5 Å². The minimum Gasteiger partial charge on any atom is -0.361 e. The van der Waals surface area contributed by atoms with Gasteiger partial charge in [-0.1, -0.05) is 5.16 Å². The van der Waals surface area contributed by atoms with Crippen LogP contribution in [0.5, 0.6) is 0 Å². The van der Waals surface area contributed by atoms with E-state index in [1.54, 1.807) is 0 Å². The summed E-state index contributed by atoms with van der Waals surface area (Å²) in [6, 6.07) is 6.04. The molecule has 4 nitrogen and oxygen atoms in total. The Morgan fingerprint density at radius 2 is 2.24 bits per heavy atom. The number of pyridine rings is 1. The quantitative estimate of drug-likeness (QED) is 0.872. The third-order valence-electron chi connectivity index (χ3n) is 3.02. The standard InChI is InChI=1S/C13H15N3O/c14-5-3-11-8-13(16-17-11)10-4-6-15-12(7-10)9-1-2-9/h4,6-9H,1-3,5,14H2. The molecule has 0 amide bonds. The predicted octanol–water partition coefficient (Wildman–Crippen LogP) is 2.12. The summed E-state index contributed by atoms with van der Waals surface area (Å²) in [6.45, 7) is 0.582. The second-order valence-corrected chi connectivity index (χ2v) is 4.46. The lowest BCUT2D eigenvalue weighted by Gasteiger charge is -1.99. The molecule has 2 heterocycles. The fraction of sp³-hybridized carbons (Fsp3) is 0.385. The first kappa shape index (κ1) is 10.5. The monoisotopic (exact) mass is 229 g/mol. The predicted molar refractivity (Wildman–Crippen MR) is 64.5 cm³/mol. The minimum absolute atomic E-state index is 0.582. The first-order chi connectivity index (χ1) is 8.36. The second kappa shape index (κ2) is 4.30. The van der Waals surface area contributed by atoms with Crippen molar-refractivity contribution in [2.45, 2.75) is 25.2 Å². The van der Waals surface area contributed by atoms with Crippen LogP contribution in [-0.4, -0.2) is 16.7 Å². The molecule has 4 heteroatoms. The van der Waals surface area contributed by atoms with Crippen LogP contribution in [0.25, 0.3) is 11.3 Å². The van der Waals surface area contributed by atoms with Crippen molar-refractivity contribution >= 4 is 0 Å². The largest absolute Gasteiger partial charge is 0.361 e. The summed E-state index contributed by atoms with van der Waals surface area (Å²) >= 11 is 0. The molecule has 0 bridgehead atoms. The van der Waals surface area contributed by atoms with Gasteiger partial charge in [0.2, 0.25) is 0 Å². The highest BCUT2D eigenvalue weighted by molar-refractivity contribution is 5.59. The highest BCUT2D eigenvalue weighted by Crippen LogP contribution is 2.39. The van der Waals surface area contributed by atoms with Gasteiger partial charge in [0.15, 0.2) is 0 Å². The van der Waals surface area contributed by atoms with Gasteiger partial charge in [-0.15, -0.1) is 0 Å². The van der Waals surface area contributed by atoms with Gasteiger partial charge in [-0.3, -0.25) is 4.98 Å². The Kier molecular flexibility index (Phi) is 2.65. The number of nitrogens with two attached hydrogens (primary N) is 1. The Bertz CT molecular complexity index is 517. The molecule has 2 aromatic rings. The third-order valence-corrected chi connectivity index (χ3v) is 3.02. The first-order valence-corrected chi connectivity index (χ1v) is 5.99. The van der Waals surface area contributed by atoms with Gasteiger partial charge in [-0.2, -0.15) is 0 Å². The molecule has 88 valence electrons. The van der Waals surface area contributed by atoms with Crippen LogP contribution in [0.3, 0.4) is 0 Å². The van der Waals surface area contributed by atoms with E-state index in [0.717, 1.165) is 23.4 Å². The van der Waals surface area contributed by atoms with Crippen molar-refractivity contribution in [1.29, 1.82) is 0 Å². The van der Waals surface area contributed by atoms with Crippen LogP contribution in [0, 0.1) is 0 Å². The van der Waals surface area contributed by atoms with Crippen molar-refractivity contribution in [2.24, 2.45) is 5.73 Å². The first-order valence-electron chi connectivity index (χ1n) is 5.99. The van der Waals surface area contributed by atoms with Gasteiger partial charge in [-0.05, 0) is 31.5 Å². The van der Waals surface area contributed by atoms with Crippen LogP contribution in [0.2, 0.25) is 0 Å². The van der Waals surface area contributed by atoms with Gasteiger partial charge >= 0.3 is 0 Å². The van der Waals surface area contributed by atoms with Crippen LogP contribution in [-0.2, 0) is 6.42 Å². The fourth-order valence-electron chi connectivity index (χ4n) is 1.92. The van der Waals surface area contributed by atoms with Crippen LogP contribution < -0.4 is 5.73 Å². The molecular weight excluding hydrogens is 214 g/mol. The summed E-state index contributed by atoms with van der Waals surface area (Å²) in [7, 11) is 0. The van der Waals surface area contributed by atoms with Crippen molar-refractivity contribution in [2.75, 3.05) is 6.54 Å². The summed E-state index contributed by atoms with van der Waals surface area (Å²) in [4.78, 5) is 4.39. The Morgan fingerprint density at radius 1 is 1.35 bits per heavy atom. The summed E-state index contributed by atoms with van der Waals surface area (Å²) in [5.41, 5.74) is 8.61. The second-order valence-electron chi connectivity index (χ2n) is 4.46. The van der Waals surface area contributed by atoms with Crippen molar-refractivity contribution < 1.29 is 4.52 Å². The molecule has 2 aromatic heterocycles. The number of nitrogens with zero attached hydrogens (tertiary/aromatic N) is 2. The highest BCUT2D eigenvalue weighted by atomic mass is 16.5. The third kappa shape index (κ3) is 2.22. The molecule has 2 N–H and O–H groups in total. The van der Waals surface area contributed by atoms with Crippen molar-refractivity contribution in [3.05, 3.63) is 35.9 Å². The molecule has 0 aromatic carbocycles. The SMILES string of the molecule is NCCc1cc(-c2ccnc(C3CC3)c2)no1. The molecular formula is C13H15N3O. The van der Waals surface area contributed by atoms with Crippen LogP contribution in [0.4, 0.5) is 0 Å². The smallest absolute Gasteiger partial charge is 0.138 e. The molecule has 0 aliphatic heterocycles. The van der Waals surface area contributed by atoms with Gasteiger partial charge in [0.05, 0.1) is 0 Å².